The zero-order valence-corrected chi connectivity index (χ0v) is 16.3. The molecule has 1 fully saturated rings. The van der Waals surface area contributed by atoms with Gasteiger partial charge in [0, 0.05) is 43.3 Å². The highest BCUT2D eigenvalue weighted by Gasteiger charge is 2.20. The summed E-state index contributed by atoms with van der Waals surface area (Å²) < 4.78 is 19.7. The summed E-state index contributed by atoms with van der Waals surface area (Å²) in [5.74, 6) is 1.23. The molecular weight excluding hydrogens is 389 g/mol. The maximum Gasteiger partial charge on any atom is 0.184 e. The molecule has 1 aliphatic heterocycles. The average Bonchev–Trinajstić information content (AvgIpc) is 3.07. The summed E-state index contributed by atoms with van der Waals surface area (Å²) in [5.41, 5.74) is 8.35. The van der Waals surface area contributed by atoms with Gasteiger partial charge in [-0.05, 0) is 36.5 Å². The minimum absolute atomic E-state index is 0.104. The Morgan fingerprint density at radius 3 is 2.59 bits per heavy atom. The van der Waals surface area contributed by atoms with Gasteiger partial charge in [0.1, 0.15) is 17.3 Å². The normalized spacial score (nSPS) is 16.1. The van der Waals surface area contributed by atoms with Crippen molar-refractivity contribution in [1.29, 1.82) is 0 Å². The Kier molecular flexibility index (Phi) is 6.78. The molecule has 0 unspecified atom stereocenters. The van der Waals surface area contributed by atoms with Gasteiger partial charge in [0.2, 0.25) is 0 Å². The monoisotopic (exact) mass is 409 g/mol. The third kappa shape index (κ3) is 5.74. The lowest BCUT2D eigenvalue weighted by molar-refractivity contribution is 0.115. The van der Waals surface area contributed by atoms with Crippen LogP contribution in [0.2, 0.25) is 5.02 Å². The SMILES string of the molecule is NC(=S)NN=Cc1ccc(CN2CCN(Cc3c(F)cccc3Cl)CC2)o1. The molecule has 1 saturated heterocycles. The van der Waals surface area contributed by atoms with Crippen molar-refractivity contribution < 1.29 is 8.81 Å². The molecular formula is C18H21ClFN5OS. The van der Waals surface area contributed by atoms with E-state index in [1.807, 2.05) is 12.1 Å². The fourth-order valence-corrected chi connectivity index (χ4v) is 3.22. The van der Waals surface area contributed by atoms with Crippen LogP contribution in [0.5, 0.6) is 0 Å². The molecule has 0 radical (unpaired) electrons. The van der Waals surface area contributed by atoms with Crippen molar-refractivity contribution in [2.24, 2.45) is 10.8 Å². The summed E-state index contributed by atoms with van der Waals surface area (Å²) in [6.07, 6.45) is 1.53. The largest absolute Gasteiger partial charge is 0.459 e. The quantitative estimate of drug-likeness (QED) is 0.434. The number of hydrogen-bond acceptors (Lipinski definition) is 5. The maximum absolute atomic E-state index is 13.9. The second-order valence-electron chi connectivity index (χ2n) is 6.29. The fraction of sp³-hybridized carbons (Fsp3) is 0.333. The summed E-state index contributed by atoms with van der Waals surface area (Å²) in [5, 5.41) is 4.45. The Morgan fingerprint density at radius 2 is 1.93 bits per heavy atom. The number of hydrogen-bond donors (Lipinski definition) is 2. The number of nitrogens with zero attached hydrogens (tertiary/aromatic N) is 3. The lowest BCUT2D eigenvalue weighted by Crippen LogP contribution is -2.45. The first-order chi connectivity index (χ1) is 13.0. The highest BCUT2D eigenvalue weighted by Crippen LogP contribution is 2.21. The topological polar surface area (TPSA) is 70.0 Å². The van der Waals surface area contributed by atoms with Crippen LogP contribution in [0.15, 0.2) is 39.9 Å². The van der Waals surface area contributed by atoms with E-state index in [9.17, 15) is 4.39 Å². The molecule has 0 bridgehead atoms. The smallest absolute Gasteiger partial charge is 0.184 e. The molecule has 1 aromatic heterocycles. The number of hydrazone groups is 1. The molecule has 0 saturated carbocycles. The van der Waals surface area contributed by atoms with E-state index >= 15 is 0 Å². The van der Waals surface area contributed by atoms with Gasteiger partial charge in [-0.2, -0.15) is 5.10 Å². The van der Waals surface area contributed by atoms with Crippen molar-refractivity contribution in [3.8, 4) is 0 Å². The summed E-state index contributed by atoms with van der Waals surface area (Å²) in [7, 11) is 0. The van der Waals surface area contributed by atoms with Gasteiger partial charge < -0.3 is 10.2 Å². The predicted octanol–water partition coefficient (Wildman–Crippen LogP) is 2.56. The van der Waals surface area contributed by atoms with Gasteiger partial charge in [-0.3, -0.25) is 15.2 Å². The zero-order valence-electron chi connectivity index (χ0n) is 14.7. The van der Waals surface area contributed by atoms with Crippen LogP contribution in [0, 0.1) is 5.82 Å². The van der Waals surface area contributed by atoms with E-state index < -0.39 is 0 Å². The number of furan rings is 1. The van der Waals surface area contributed by atoms with Crippen molar-refractivity contribution in [3.63, 3.8) is 0 Å². The first kappa shape index (κ1) is 19.8. The van der Waals surface area contributed by atoms with E-state index in [0.29, 0.717) is 29.4 Å². The fourth-order valence-electron chi connectivity index (χ4n) is 2.94. The van der Waals surface area contributed by atoms with Crippen molar-refractivity contribution in [2.75, 3.05) is 26.2 Å². The number of benzene rings is 1. The van der Waals surface area contributed by atoms with Crippen molar-refractivity contribution in [1.82, 2.24) is 15.2 Å². The Balaban J connectivity index is 1.48. The van der Waals surface area contributed by atoms with Gasteiger partial charge >= 0.3 is 0 Å². The summed E-state index contributed by atoms with van der Waals surface area (Å²) in [6.45, 7) is 4.68. The van der Waals surface area contributed by atoms with E-state index in [1.54, 1.807) is 12.1 Å². The number of rotatable bonds is 6. The second-order valence-corrected chi connectivity index (χ2v) is 7.14. The molecule has 6 nitrogen and oxygen atoms in total. The highest BCUT2D eigenvalue weighted by atomic mass is 35.5. The van der Waals surface area contributed by atoms with E-state index in [1.165, 1.54) is 12.3 Å². The maximum atomic E-state index is 13.9. The Hall–Kier alpha value is -2.00. The molecule has 0 amide bonds. The number of halogens is 2. The molecule has 3 N–H and O–H groups in total. The predicted molar refractivity (Wildman–Crippen MR) is 108 cm³/mol. The first-order valence-electron chi connectivity index (χ1n) is 8.56. The number of piperazine rings is 1. The molecule has 2 heterocycles. The zero-order chi connectivity index (χ0) is 19.2. The number of thiocarbonyl (C=S) groups is 1. The van der Waals surface area contributed by atoms with Gasteiger partial charge in [0.25, 0.3) is 0 Å². The van der Waals surface area contributed by atoms with E-state index in [-0.39, 0.29) is 10.9 Å². The lowest BCUT2D eigenvalue weighted by Gasteiger charge is -2.34. The highest BCUT2D eigenvalue weighted by molar-refractivity contribution is 7.80. The molecule has 1 aliphatic rings. The molecule has 0 atom stereocenters. The van der Waals surface area contributed by atoms with Gasteiger partial charge in [0.05, 0.1) is 12.8 Å². The van der Waals surface area contributed by atoms with Crippen LogP contribution in [0.25, 0.3) is 0 Å². The van der Waals surface area contributed by atoms with Crippen LogP contribution in [0.4, 0.5) is 4.39 Å². The number of nitrogens with one attached hydrogen (secondary N) is 1. The third-order valence-corrected chi connectivity index (χ3v) is 4.78. The van der Waals surface area contributed by atoms with Crippen LogP contribution in [0.3, 0.4) is 0 Å². The molecule has 9 heteroatoms. The van der Waals surface area contributed by atoms with Gasteiger partial charge in [-0.1, -0.05) is 17.7 Å². The van der Waals surface area contributed by atoms with Crippen LogP contribution in [-0.2, 0) is 13.1 Å². The van der Waals surface area contributed by atoms with E-state index in [2.05, 4.69) is 32.5 Å². The summed E-state index contributed by atoms with van der Waals surface area (Å²) in [4.78, 5) is 4.51. The molecule has 0 aliphatic carbocycles. The Labute approximate surface area is 167 Å². The molecule has 0 spiro atoms. The van der Waals surface area contributed by atoms with E-state index in [0.717, 1.165) is 31.9 Å². The Morgan fingerprint density at radius 1 is 1.22 bits per heavy atom. The standard InChI is InChI=1S/C18H21ClFN5OS/c19-16-2-1-3-17(20)15(16)12-25-8-6-24(7-9-25)11-14-5-4-13(26-14)10-22-23-18(21)27/h1-5,10H,6-9,11-12H2,(H3,21,23,27). The third-order valence-electron chi connectivity index (χ3n) is 4.34. The molecule has 1 aromatic carbocycles. The van der Waals surface area contributed by atoms with Crippen LogP contribution in [0.1, 0.15) is 17.1 Å². The molecule has 27 heavy (non-hydrogen) atoms. The summed E-state index contributed by atoms with van der Waals surface area (Å²) in [6, 6.07) is 8.57. The van der Waals surface area contributed by atoms with Gasteiger partial charge in [-0.25, -0.2) is 4.39 Å². The van der Waals surface area contributed by atoms with E-state index in [4.69, 9.17) is 21.8 Å². The lowest BCUT2D eigenvalue weighted by atomic mass is 10.2. The average molecular weight is 410 g/mol. The van der Waals surface area contributed by atoms with Gasteiger partial charge in [-0.15, -0.1) is 0 Å². The minimum atomic E-state index is -0.250. The molecule has 2 aromatic rings. The molecule has 144 valence electrons. The molecule has 3 rings (SSSR count). The summed E-state index contributed by atoms with van der Waals surface area (Å²) >= 11 is 10.8. The van der Waals surface area contributed by atoms with Crippen molar-refractivity contribution in [2.45, 2.75) is 13.1 Å². The van der Waals surface area contributed by atoms with Crippen LogP contribution < -0.4 is 11.2 Å². The van der Waals surface area contributed by atoms with Crippen molar-refractivity contribution in [3.05, 3.63) is 58.3 Å². The second kappa shape index (κ2) is 9.27. The van der Waals surface area contributed by atoms with Crippen molar-refractivity contribution >= 4 is 35.1 Å². The minimum Gasteiger partial charge on any atom is -0.459 e. The number of nitrogens with two attached hydrogens (primary N) is 1. The van der Waals surface area contributed by atoms with Crippen LogP contribution >= 0.6 is 23.8 Å². The Bertz CT molecular complexity index is 800. The van der Waals surface area contributed by atoms with Crippen LogP contribution in [-0.4, -0.2) is 47.3 Å². The van der Waals surface area contributed by atoms with Gasteiger partial charge in [0.15, 0.2) is 5.11 Å². The first-order valence-corrected chi connectivity index (χ1v) is 9.34.